The first kappa shape index (κ1) is 15.2. The maximum atomic E-state index is 4.63. The minimum atomic E-state index is 0.930. The molecule has 0 bridgehead atoms. The molecule has 0 atom stereocenters. The van der Waals surface area contributed by atoms with E-state index >= 15 is 0 Å². The van der Waals surface area contributed by atoms with Gasteiger partial charge in [0.2, 0.25) is 0 Å². The van der Waals surface area contributed by atoms with Crippen molar-refractivity contribution < 1.29 is 0 Å². The molecule has 0 spiro atoms. The van der Waals surface area contributed by atoms with Crippen LogP contribution in [-0.2, 0) is 19.5 Å². The molecular formula is C12H21Br2N3. The fourth-order valence-corrected chi connectivity index (χ4v) is 3.04. The molecule has 1 aromatic rings. The molecule has 0 aromatic carbocycles. The highest BCUT2D eigenvalue weighted by atomic mass is 79.9. The molecule has 0 saturated carbocycles. The number of hydrogen-bond acceptors (Lipinski definition) is 2. The van der Waals surface area contributed by atoms with Gasteiger partial charge >= 0.3 is 0 Å². The average Bonchev–Trinajstić information content (AvgIpc) is 2.65. The zero-order valence-electron chi connectivity index (χ0n) is 10.8. The largest absolute Gasteiger partial charge is 0.297 e. The van der Waals surface area contributed by atoms with Crippen molar-refractivity contribution in [3.63, 3.8) is 0 Å². The smallest absolute Gasteiger partial charge is 0.0767 e. The molecule has 0 saturated heterocycles. The normalized spacial score (nSPS) is 11.4. The first-order valence-electron chi connectivity index (χ1n) is 6.20. The van der Waals surface area contributed by atoms with Gasteiger partial charge in [-0.2, -0.15) is 5.10 Å². The number of halogens is 2. The number of aryl methyl sites for hydroxylation is 2. The summed E-state index contributed by atoms with van der Waals surface area (Å²) in [5.74, 6) is 0. The molecule has 1 aromatic heterocycles. The number of hydrogen-bond donors (Lipinski definition) is 0. The molecule has 0 fully saturated rings. The molecule has 5 heteroatoms. The topological polar surface area (TPSA) is 21.1 Å². The van der Waals surface area contributed by atoms with E-state index in [1.54, 1.807) is 0 Å². The van der Waals surface area contributed by atoms with Gasteiger partial charge in [-0.25, -0.2) is 0 Å². The van der Waals surface area contributed by atoms with Crippen LogP contribution in [0.4, 0.5) is 0 Å². The van der Waals surface area contributed by atoms with E-state index in [9.17, 15) is 0 Å². The lowest BCUT2D eigenvalue weighted by Crippen LogP contribution is -2.26. The van der Waals surface area contributed by atoms with Gasteiger partial charge in [0.15, 0.2) is 0 Å². The minimum Gasteiger partial charge on any atom is -0.297 e. The Hall–Kier alpha value is 0.130. The van der Waals surface area contributed by atoms with Crippen LogP contribution in [0.2, 0.25) is 0 Å². The van der Waals surface area contributed by atoms with Crippen LogP contribution in [0.3, 0.4) is 0 Å². The highest BCUT2D eigenvalue weighted by Crippen LogP contribution is 2.23. The van der Waals surface area contributed by atoms with E-state index < -0.39 is 0 Å². The second kappa shape index (κ2) is 7.54. The van der Waals surface area contributed by atoms with E-state index in [1.165, 1.54) is 10.2 Å². The van der Waals surface area contributed by atoms with Gasteiger partial charge in [-0.05, 0) is 35.8 Å². The van der Waals surface area contributed by atoms with E-state index in [-0.39, 0.29) is 0 Å². The summed E-state index contributed by atoms with van der Waals surface area (Å²) in [5, 5.41) is 5.64. The molecule has 0 aliphatic carbocycles. The van der Waals surface area contributed by atoms with Gasteiger partial charge in [-0.1, -0.05) is 29.8 Å². The Kier molecular flexibility index (Phi) is 6.74. The third kappa shape index (κ3) is 3.80. The van der Waals surface area contributed by atoms with E-state index in [4.69, 9.17) is 0 Å². The lowest BCUT2D eigenvalue weighted by molar-refractivity contribution is 0.288. The Labute approximate surface area is 121 Å². The van der Waals surface area contributed by atoms with Crippen LogP contribution in [0.1, 0.15) is 32.2 Å². The van der Waals surface area contributed by atoms with Crippen molar-refractivity contribution in [2.45, 2.75) is 40.3 Å². The van der Waals surface area contributed by atoms with Crippen LogP contribution in [0.15, 0.2) is 4.47 Å². The lowest BCUT2D eigenvalue weighted by atomic mass is 10.3. The first-order valence-corrected chi connectivity index (χ1v) is 8.11. The van der Waals surface area contributed by atoms with Crippen molar-refractivity contribution in [3.8, 4) is 0 Å². The Morgan fingerprint density at radius 3 is 2.47 bits per heavy atom. The van der Waals surface area contributed by atoms with E-state index in [1.807, 2.05) is 0 Å². The van der Waals surface area contributed by atoms with Crippen LogP contribution in [-0.4, -0.2) is 33.1 Å². The molecule has 0 aliphatic heterocycles. The van der Waals surface area contributed by atoms with Gasteiger partial charge in [0.1, 0.15) is 0 Å². The van der Waals surface area contributed by atoms with Crippen molar-refractivity contribution in [2.24, 2.45) is 0 Å². The molecule has 0 amide bonds. The summed E-state index contributed by atoms with van der Waals surface area (Å²) in [7, 11) is 0. The second-order valence-corrected chi connectivity index (χ2v) is 5.52. The maximum Gasteiger partial charge on any atom is 0.0767 e. The van der Waals surface area contributed by atoms with E-state index in [0.717, 1.165) is 43.6 Å². The van der Waals surface area contributed by atoms with Crippen molar-refractivity contribution >= 4 is 31.9 Å². The van der Waals surface area contributed by atoms with Gasteiger partial charge < -0.3 is 0 Å². The van der Waals surface area contributed by atoms with Crippen LogP contribution in [0, 0.1) is 0 Å². The Balaban J connectivity index is 2.91. The summed E-state index contributed by atoms with van der Waals surface area (Å²) in [6.07, 6.45) is 0.977. The van der Waals surface area contributed by atoms with Crippen LogP contribution in [0.25, 0.3) is 0 Å². The summed E-state index contributed by atoms with van der Waals surface area (Å²) in [6, 6.07) is 0. The van der Waals surface area contributed by atoms with E-state index in [0.29, 0.717) is 0 Å². The SMILES string of the molecule is CCc1nn(CC)c(CN(CC)CCBr)c1Br. The summed E-state index contributed by atoms with van der Waals surface area (Å²) >= 11 is 7.19. The van der Waals surface area contributed by atoms with Gasteiger partial charge in [-0.15, -0.1) is 0 Å². The predicted molar refractivity (Wildman–Crippen MR) is 79.7 cm³/mol. The number of rotatable bonds is 7. The summed E-state index contributed by atoms with van der Waals surface area (Å²) < 4.78 is 3.30. The molecule has 0 radical (unpaired) electrons. The van der Waals surface area contributed by atoms with Gasteiger partial charge in [-0.3, -0.25) is 9.58 Å². The van der Waals surface area contributed by atoms with Crippen molar-refractivity contribution in [2.75, 3.05) is 18.4 Å². The van der Waals surface area contributed by atoms with Crippen LogP contribution < -0.4 is 0 Å². The van der Waals surface area contributed by atoms with Gasteiger partial charge in [0, 0.05) is 25.0 Å². The quantitative estimate of drug-likeness (QED) is 0.689. The second-order valence-electron chi connectivity index (χ2n) is 3.93. The Bertz CT molecular complexity index is 350. The maximum absolute atomic E-state index is 4.63. The molecule has 1 heterocycles. The molecular weight excluding hydrogens is 346 g/mol. The Morgan fingerprint density at radius 1 is 1.29 bits per heavy atom. The third-order valence-corrected chi connectivity index (χ3v) is 4.19. The number of aromatic nitrogens is 2. The molecule has 1 rings (SSSR count). The highest BCUT2D eigenvalue weighted by Gasteiger charge is 2.15. The van der Waals surface area contributed by atoms with Crippen LogP contribution in [0.5, 0.6) is 0 Å². The molecule has 98 valence electrons. The van der Waals surface area contributed by atoms with E-state index in [2.05, 4.69) is 67.3 Å². The predicted octanol–water partition coefficient (Wildman–Crippen LogP) is 3.44. The number of alkyl halides is 1. The van der Waals surface area contributed by atoms with Crippen molar-refractivity contribution in [1.29, 1.82) is 0 Å². The average molecular weight is 367 g/mol. The van der Waals surface area contributed by atoms with Gasteiger partial charge in [0.05, 0.1) is 15.9 Å². The molecule has 3 nitrogen and oxygen atoms in total. The fraction of sp³-hybridized carbons (Fsp3) is 0.750. The number of nitrogens with zero attached hydrogens (tertiary/aromatic N) is 3. The molecule has 0 unspecified atom stereocenters. The standard InChI is InChI=1S/C12H21Br2N3/c1-4-10-12(14)11(17(6-3)15-10)9-16(5-2)8-7-13/h4-9H2,1-3H3. The summed E-state index contributed by atoms with van der Waals surface area (Å²) in [5.41, 5.74) is 2.46. The minimum absolute atomic E-state index is 0.930. The zero-order chi connectivity index (χ0) is 12.8. The van der Waals surface area contributed by atoms with Crippen molar-refractivity contribution in [3.05, 3.63) is 15.9 Å². The lowest BCUT2D eigenvalue weighted by Gasteiger charge is -2.19. The zero-order valence-corrected chi connectivity index (χ0v) is 14.0. The van der Waals surface area contributed by atoms with Crippen molar-refractivity contribution in [1.82, 2.24) is 14.7 Å². The third-order valence-electron chi connectivity index (χ3n) is 2.92. The molecule has 17 heavy (non-hydrogen) atoms. The molecule has 0 N–H and O–H groups in total. The summed E-state index contributed by atoms with van der Waals surface area (Å²) in [4.78, 5) is 2.42. The monoisotopic (exact) mass is 365 g/mol. The Morgan fingerprint density at radius 2 is 2.00 bits per heavy atom. The molecule has 0 aliphatic rings. The first-order chi connectivity index (χ1) is 8.17. The fourth-order valence-electron chi connectivity index (χ4n) is 1.85. The highest BCUT2D eigenvalue weighted by molar-refractivity contribution is 9.10. The van der Waals surface area contributed by atoms with Gasteiger partial charge in [0.25, 0.3) is 0 Å². The van der Waals surface area contributed by atoms with Crippen LogP contribution >= 0.6 is 31.9 Å². The summed E-state index contributed by atoms with van der Waals surface area (Å²) in [6.45, 7) is 10.5.